The van der Waals surface area contributed by atoms with Gasteiger partial charge >= 0.3 is 0 Å². The lowest BCUT2D eigenvalue weighted by Gasteiger charge is -2.30. The molecule has 3 N–H and O–H groups in total. The minimum atomic E-state index is -0.161. The fourth-order valence-electron chi connectivity index (χ4n) is 1.96. The first-order valence-electron chi connectivity index (χ1n) is 5.31. The maximum Gasteiger partial charge on any atom is 0.0659 e. The van der Waals surface area contributed by atoms with Crippen molar-refractivity contribution < 1.29 is 9.47 Å². The summed E-state index contributed by atoms with van der Waals surface area (Å²) in [5, 5.41) is 3.51. The molecule has 2 heterocycles. The van der Waals surface area contributed by atoms with Gasteiger partial charge < -0.3 is 20.5 Å². The molecule has 2 aliphatic rings. The Morgan fingerprint density at radius 3 is 2.50 bits per heavy atom. The lowest BCUT2D eigenvalue weighted by molar-refractivity contribution is 0.158. The average Bonchev–Trinajstić information content (AvgIpc) is 2.74. The molecular formula is C10H20N2O2. The summed E-state index contributed by atoms with van der Waals surface area (Å²) in [6.45, 7) is 6.15. The first kappa shape index (κ1) is 10.4. The summed E-state index contributed by atoms with van der Waals surface area (Å²) in [7, 11) is 0. The summed E-state index contributed by atoms with van der Waals surface area (Å²) >= 11 is 0. The van der Waals surface area contributed by atoms with E-state index in [2.05, 4.69) is 12.2 Å². The van der Waals surface area contributed by atoms with E-state index in [0.29, 0.717) is 6.61 Å². The highest BCUT2D eigenvalue weighted by Gasteiger charge is 2.35. The molecule has 0 aromatic carbocycles. The minimum absolute atomic E-state index is 0.120. The van der Waals surface area contributed by atoms with Crippen LogP contribution in [-0.4, -0.2) is 44.1 Å². The topological polar surface area (TPSA) is 56.5 Å². The second-order valence-electron chi connectivity index (χ2n) is 4.88. The van der Waals surface area contributed by atoms with Crippen molar-refractivity contribution in [3.8, 4) is 0 Å². The standard InChI is InChI=1S/C10H20N2O2/c1-9(2-4-13-7-9)12-6-10(11)3-5-14-8-10/h12H,2-8,11H2,1H3. The second-order valence-corrected chi connectivity index (χ2v) is 4.88. The van der Waals surface area contributed by atoms with Crippen LogP contribution in [0.5, 0.6) is 0 Å². The lowest BCUT2D eigenvalue weighted by Crippen LogP contribution is -2.55. The lowest BCUT2D eigenvalue weighted by atomic mass is 9.96. The molecule has 2 fully saturated rings. The van der Waals surface area contributed by atoms with E-state index in [1.54, 1.807) is 0 Å². The van der Waals surface area contributed by atoms with Crippen LogP contribution in [0.1, 0.15) is 19.8 Å². The molecule has 2 unspecified atom stereocenters. The third-order valence-corrected chi connectivity index (χ3v) is 3.22. The van der Waals surface area contributed by atoms with Gasteiger partial charge in [0.05, 0.1) is 18.8 Å². The largest absolute Gasteiger partial charge is 0.379 e. The summed E-state index contributed by atoms with van der Waals surface area (Å²) in [6, 6.07) is 0. The molecule has 0 bridgehead atoms. The maximum atomic E-state index is 6.17. The summed E-state index contributed by atoms with van der Waals surface area (Å²) in [5.74, 6) is 0. The molecule has 0 saturated carbocycles. The van der Waals surface area contributed by atoms with Gasteiger partial charge in [0.2, 0.25) is 0 Å². The van der Waals surface area contributed by atoms with E-state index in [-0.39, 0.29) is 11.1 Å². The van der Waals surface area contributed by atoms with Crippen LogP contribution < -0.4 is 11.1 Å². The minimum Gasteiger partial charge on any atom is -0.379 e. The molecule has 0 aromatic heterocycles. The first-order chi connectivity index (χ1) is 6.62. The summed E-state index contributed by atoms with van der Waals surface area (Å²) in [4.78, 5) is 0. The van der Waals surface area contributed by atoms with Crippen molar-refractivity contribution in [2.75, 3.05) is 33.0 Å². The van der Waals surface area contributed by atoms with Crippen LogP contribution in [-0.2, 0) is 9.47 Å². The summed E-state index contributed by atoms with van der Waals surface area (Å²) < 4.78 is 10.7. The maximum absolute atomic E-state index is 6.17. The zero-order valence-electron chi connectivity index (χ0n) is 8.84. The van der Waals surface area contributed by atoms with Crippen LogP contribution in [0.3, 0.4) is 0 Å². The Kier molecular flexibility index (Phi) is 2.79. The number of nitrogens with one attached hydrogen (secondary N) is 1. The van der Waals surface area contributed by atoms with E-state index in [9.17, 15) is 0 Å². The predicted octanol–water partition coefficient (Wildman–Crippen LogP) is -0.127. The molecule has 0 radical (unpaired) electrons. The SMILES string of the molecule is CC1(NCC2(N)CCOC2)CCOC1. The molecule has 4 nitrogen and oxygen atoms in total. The molecule has 2 atom stereocenters. The van der Waals surface area contributed by atoms with E-state index in [0.717, 1.165) is 39.2 Å². The van der Waals surface area contributed by atoms with Gasteiger partial charge in [-0.05, 0) is 19.8 Å². The van der Waals surface area contributed by atoms with Crippen molar-refractivity contribution in [3.05, 3.63) is 0 Å². The van der Waals surface area contributed by atoms with Crippen LogP contribution in [0.2, 0.25) is 0 Å². The quantitative estimate of drug-likeness (QED) is 0.666. The zero-order chi connectivity index (χ0) is 10.1. The molecule has 4 heteroatoms. The van der Waals surface area contributed by atoms with E-state index in [4.69, 9.17) is 15.2 Å². The van der Waals surface area contributed by atoms with E-state index >= 15 is 0 Å². The van der Waals surface area contributed by atoms with Crippen molar-refractivity contribution >= 4 is 0 Å². The van der Waals surface area contributed by atoms with Crippen LogP contribution >= 0.6 is 0 Å². The highest BCUT2D eigenvalue weighted by Crippen LogP contribution is 2.20. The third-order valence-electron chi connectivity index (χ3n) is 3.22. The van der Waals surface area contributed by atoms with E-state index in [1.807, 2.05) is 0 Å². The molecular weight excluding hydrogens is 180 g/mol. The molecule has 0 aromatic rings. The van der Waals surface area contributed by atoms with Gasteiger partial charge in [-0.2, -0.15) is 0 Å². The number of ether oxygens (including phenoxy) is 2. The summed E-state index contributed by atoms with van der Waals surface area (Å²) in [6.07, 6.45) is 2.03. The molecule has 0 spiro atoms. The second kappa shape index (κ2) is 3.77. The number of hydrogen-bond acceptors (Lipinski definition) is 4. The molecule has 14 heavy (non-hydrogen) atoms. The van der Waals surface area contributed by atoms with Gasteiger partial charge in [-0.15, -0.1) is 0 Å². The van der Waals surface area contributed by atoms with Crippen LogP contribution in [0.25, 0.3) is 0 Å². The number of nitrogens with two attached hydrogens (primary N) is 1. The van der Waals surface area contributed by atoms with Gasteiger partial charge in [0, 0.05) is 25.3 Å². The van der Waals surface area contributed by atoms with Crippen molar-refractivity contribution in [1.82, 2.24) is 5.32 Å². The molecule has 0 aliphatic carbocycles. The Morgan fingerprint density at radius 1 is 1.21 bits per heavy atom. The molecule has 82 valence electrons. The highest BCUT2D eigenvalue weighted by atomic mass is 16.5. The normalized spacial score (nSPS) is 43.3. The van der Waals surface area contributed by atoms with Crippen molar-refractivity contribution in [2.24, 2.45) is 5.73 Å². The molecule has 2 rings (SSSR count). The van der Waals surface area contributed by atoms with Gasteiger partial charge in [0.25, 0.3) is 0 Å². The monoisotopic (exact) mass is 200 g/mol. The van der Waals surface area contributed by atoms with Gasteiger partial charge in [0.15, 0.2) is 0 Å². The van der Waals surface area contributed by atoms with Crippen molar-refractivity contribution in [3.63, 3.8) is 0 Å². The van der Waals surface area contributed by atoms with Gasteiger partial charge in [-0.25, -0.2) is 0 Å². The van der Waals surface area contributed by atoms with Crippen LogP contribution in [0.4, 0.5) is 0 Å². The van der Waals surface area contributed by atoms with Gasteiger partial charge in [-0.3, -0.25) is 0 Å². The van der Waals surface area contributed by atoms with Gasteiger partial charge in [-0.1, -0.05) is 0 Å². The highest BCUT2D eigenvalue weighted by molar-refractivity contribution is 4.95. The molecule has 2 saturated heterocycles. The van der Waals surface area contributed by atoms with Crippen molar-refractivity contribution in [2.45, 2.75) is 30.8 Å². The fourth-order valence-corrected chi connectivity index (χ4v) is 1.96. The third kappa shape index (κ3) is 2.25. The Labute approximate surface area is 85.1 Å². The zero-order valence-corrected chi connectivity index (χ0v) is 8.84. The predicted molar refractivity (Wildman–Crippen MR) is 54.2 cm³/mol. The van der Waals surface area contributed by atoms with Crippen LogP contribution in [0, 0.1) is 0 Å². The van der Waals surface area contributed by atoms with Crippen molar-refractivity contribution in [1.29, 1.82) is 0 Å². The van der Waals surface area contributed by atoms with E-state index < -0.39 is 0 Å². The Morgan fingerprint density at radius 2 is 1.93 bits per heavy atom. The number of rotatable bonds is 3. The van der Waals surface area contributed by atoms with Gasteiger partial charge in [0.1, 0.15) is 0 Å². The first-order valence-corrected chi connectivity index (χ1v) is 5.31. The van der Waals surface area contributed by atoms with E-state index in [1.165, 1.54) is 0 Å². The average molecular weight is 200 g/mol. The summed E-state index contributed by atoms with van der Waals surface area (Å²) in [5.41, 5.74) is 6.13. The molecule has 0 amide bonds. The fraction of sp³-hybridized carbons (Fsp3) is 1.00. The number of hydrogen-bond donors (Lipinski definition) is 2. The Bertz CT molecular complexity index is 174. The Balaban J connectivity index is 1.80. The Hall–Kier alpha value is -0.160. The molecule has 2 aliphatic heterocycles. The smallest absolute Gasteiger partial charge is 0.0659 e. The van der Waals surface area contributed by atoms with Crippen LogP contribution in [0.15, 0.2) is 0 Å².